The summed E-state index contributed by atoms with van der Waals surface area (Å²) < 4.78 is 3.23. The summed E-state index contributed by atoms with van der Waals surface area (Å²) >= 11 is 0. The normalized spacial score (nSPS) is 10.6. The lowest BCUT2D eigenvalue weighted by molar-refractivity contribution is 0.714. The summed E-state index contributed by atoms with van der Waals surface area (Å²) in [5.41, 5.74) is 1.04. The van der Waals surface area contributed by atoms with E-state index in [0.717, 1.165) is 48.8 Å². The molecule has 1 rings (SSSR count). The molecule has 0 spiro atoms. The predicted octanol–water partition coefficient (Wildman–Crippen LogP) is 2.91. The Hall–Kier alpha value is -0.530. The molecule has 0 amide bonds. The molecule has 0 aromatic carbocycles. The topological polar surface area (TPSA) is 62.7 Å². The van der Waals surface area contributed by atoms with Crippen LogP contribution in [0.4, 0.5) is 5.82 Å². The van der Waals surface area contributed by atoms with E-state index >= 15 is 0 Å². The van der Waals surface area contributed by atoms with Gasteiger partial charge in [0.15, 0.2) is 5.82 Å². The number of aromatic nitrogens is 3. The number of unbranched alkanes of at least 4 members (excludes halogenated alkanes) is 1. The van der Waals surface area contributed by atoms with E-state index in [1.165, 1.54) is 0 Å². The number of aryl methyl sites for hydroxylation is 1. The first kappa shape index (κ1) is 15.5. The van der Waals surface area contributed by atoms with Gasteiger partial charge >= 0.3 is 0 Å². The van der Waals surface area contributed by atoms with Crippen molar-refractivity contribution in [1.82, 2.24) is 20.1 Å². The molecule has 0 aliphatic heterocycles. The van der Waals surface area contributed by atoms with Crippen LogP contribution in [0, 0.1) is 0 Å². The van der Waals surface area contributed by atoms with E-state index in [2.05, 4.69) is 46.2 Å². The van der Waals surface area contributed by atoms with Gasteiger partial charge in [-0.15, -0.1) is 10.2 Å². The maximum atomic E-state index is 4.17. The lowest BCUT2D eigenvalue weighted by Gasteiger charge is -2.11. The first-order valence-corrected chi connectivity index (χ1v) is 8.50. The summed E-state index contributed by atoms with van der Waals surface area (Å²) in [5.74, 6) is 0.842. The van der Waals surface area contributed by atoms with Crippen molar-refractivity contribution in [3.05, 3.63) is 5.69 Å². The predicted molar refractivity (Wildman–Crippen MR) is 79.7 cm³/mol. The largest absolute Gasteiger partial charge is 0.368 e. The van der Waals surface area contributed by atoms with Crippen molar-refractivity contribution in [3.8, 4) is 0 Å². The van der Waals surface area contributed by atoms with E-state index in [1.807, 2.05) is 0 Å². The number of nitrogens with zero attached hydrogens (tertiary/aromatic N) is 3. The summed E-state index contributed by atoms with van der Waals surface area (Å²) in [7, 11) is 3.28. The summed E-state index contributed by atoms with van der Waals surface area (Å²) in [4.78, 5) is 1.10. The first-order chi connectivity index (χ1) is 8.83. The zero-order valence-electron chi connectivity index (χ0n) is 11.2. The Balaban J connectivity index is 2.81. The Morgan fingerprint density at radius 2 is 1.94 bits per heavy atom. The molecule has 0 bridgehead atoms. The van der Waals surface area contributed by atoms with Gasteiger partial charge in [0.05, 0.1) is 10.6 Å². The van der Waals surface area contributed by atoms with Crippen molar-refractivity contribution >= 4 is 27.6 Å². The van der Waals surface area contributed by atoms with Crippen LogP contribution in [-0.4, -0.2) is 28.5 Å². The highest BCUT2D eigenvalue weighted by Gasteiger charge is 2.13. The van der Waals surface area contributed by atoms with Crippen molar-refractivity contribution < 1.29 is 0 Å². The minimum Gasteiger partial charge on any atom is -0.368 e. The fraction of sp³-hybridized carbons (Fsp3) is 0.727. The second kappa shape index (κ2) is 9.41. The van der Waals surface area contributed by atoms with Crippen molar-refractivity contribution in [2.45, 2.75) is 44.9 Å². The van der Waals surface area contributed by atoms with Gasteiger partial charge in [0.25, 0.3) is 0 Å². The number of hydrogen-bond acceptors (Lipinski definition) is 7. The Morgan fingerprint density at radius 1 is 1.11 bits per heavy atom. The average molecular weight is 287 g/mol. The SMILES string of the molecule is CCCCc1nnnc(NCC)c1SSNCC. The summed E-state index contributed by atoms with van der Waals surface area (Å²) in [6.07, 6.45) is 3.24. The molecule has 5 nitrogen and oxygen atoms in total. The highest BCUT2D eigenvalue weighted by atomic mass is 33.1. The van der Waals surface area contributed by atoms with Crippen LogP contribution in [-0.2, 0) is 6.42 Å². The molecule has 0 fully saturated rings. The number of hydrogen-bond donors (Lipinski definition) is 2. The van der Waals surface area contributed by atoms with Crippen LogP contribution in [0.5, 0.6) is 0 Å². The molecule has 0 saturated carbocycles. The van der Waals surface area contributed by atoms with Gasteiger partial charge in [-0.25, -0.2) is 0 Å². The van der Waals surface area contributed by atoms with E-state index < -0.39 is 0 Å². The van der Waals surface area contributed by atoms with Crippen LogP contribution in [0.1, 0.15) is 39.3 Å². The second-order valence-corrected chi connectivity index (χ2v) is 5.74. The molecule has 1 aromatic rings. The van der Waals surface area contributed by atoms with Crippen LogP contribution in [0.15, 0.2) is 4.90 Å². The molecule has 102 valence electrons. The molecule has 0 radical (unpaired) electrons. The first-order valence-electron chi connectivity index (χ1n) is 6.35. The standard InChI is InChI=1S/C11H21N5S2/c1-4-7-8-9-10(17-18-13-6-3)11(12-5-2)15-16-14-9/h13H,4-8H2,1-3H3,(H,12,14,15). The number of anilines is 1. The Bertz CT molecular complexity index is 348. The van der Waals surface area contributed by atoms with Crippen LogP contribution in [0.3, 0.4) is 0 Å². The van der Waals surface area contributed by atoms with E-state index in [1.54, 1.807) is 21.8 Å². The number of nitrogens with one attached hydrogen (secondary N) is 2. The molecular formula is C11H21N5S2. The van der Waals surface area contributed by atoms with Crippen molar-refractivity contribution in [1.29, 1.82) is 0 Å². The third-order valence-corrected chi connectivity index (χ3v) is 4.42. The van der Waals surface area contributed by atoms with Gasteiger partial charge in [0.1, 0.15) is 0 Å². The van der Waals surface area contributed by atoms with Crippen molar-refractivity contribution in [3.63, 3.8) is 0 Å². The number of rotatable bonds is 9. The van der Waals surface area contributed by atoms with Crippen LogP contribution < -0.4 is 10.0 Å². The minimum atomic E-state index is 0.839. The smallest absolute Gasteiger partial charge is 0.167 e. The van der Waals surface area contributed by atoms with E-state index in [0.29, 0.717) is 0 Å². The highest BCUT2D eigenvalue weighted by molar-refractivity contribution is 8.76. The maximum absolute atomic E-state index is 4.17. The quantitative estimate of drug-likeness (QED) is 0.411. The Morgan fingerprint density at radius 3 is 2.61 bits per heavy atom. The second-order valence-electron chi connectivity index (χ2n) is 3.71. The van der Waals surface area contributed by atoms with Crippen LogP contribution >= 0.6 is 21.8 Å². The summed E-state index contributed by atoms with van der Waals surface area (Å²) in [6, 6.07) is 0. The third kappa shape index (κ3) is 4.99. The summed E-state index contributed by atoms with van der Waals surface area (Å²) in [5, 5.41) is 15.3. The van der Waals surface area contributed by atoms with E-state index in [-0.39, 0.29) is 0 Å². The molecule has 1 heterocycles. The highest BCUT2D eigenvalue weighted by Crippen LogP contribution is 2.35. The molecule has 0 saturated heterocycles. The van der Waals surface area contributed by atoms with Gasteiger partial charge in [0, 0.05) is 13.1 Å². The molecular weight excluding hydrogens is 266 g/mol. The van der Waals surface area contributed by atoms with Crippen molar-refractivity contribution in [2.24, 2.45) is 0 Å². The van der Waals surface area contributed by atoms with E-state index in [9.17, 15) is 0 Å². The lowest BCUT2D eigenvalue weighted by atomic mass is 10.2. The van der Waals surface area contributed by atoms with Gasteiger partial charge < -0.3 is 5.32 Å². The summed E-state index contributed by atoms with van der Waals surface area (Å²) in [6.45, 7) is 8.09. The molecule has 7 heteroatoms. The third-order valence-electron chi connectivity index (χ3n) is 2.23. The minimum absolute atomic E-state index is 0.839. The Kier molecular flexibility index (Phi) is 8.11. The van der Waals surface area contributed by atoms with Gasteiger partial charge in [-0.3, -0.25) is 4.72 Å². The van der Waals surface area contributed by atoms with E-state index in [4.69, 9.17) is 0 Å². The Labute approximate surface area is 117 Å². The maximum Gasteiger partial charge on any atom is 0.167 e. The molecule has 0 aliphatic rings. The molecule has 1 aromatic heterocycles. The zero-order chi connectivity index (χ0) is 13.2. The molecule has 0 unspecified atom stereocenters. The zero-order valence-corrected chi connectivity index (χ0v) is 12.8. The molecule has 2 N–H and O–H groups in total. The monoisotopic (exact) mass is 287 g/mol. The molecule has 0 aliphatic carbocycles. The fourth-order valence-corrected chi connectivity index (χ4v) is 3.35. The van der Waals surface area contributed by atoms with Gasteiger partial charge in [-0.2, -0.15) is 0 Å². The van der Waals surface area contributed by atoms with Crippen LogP contribution in [0.25, 0.3) is 0 Å². The van der Waals surface area contributed by atoms with Crippen LogP contribution in [0.2, 0.25) is 0 Å². The van der Waals surface area contributed by atoms with Crippen molar-refractivity contribution in [2.75, 3.05) is 18.4 Å². The fourth-order valence-electron chi connectivity index (χ4n) is 1.36. The molecule has 0 atom stereocenters. The van der Waals surface area contributed by atoms with Gasteiger partial charge in [0.2, 0.25) is 0 Å². The molecule has 18 heavy (non-hydrogen) atoms. The lowest BCUT2D eigenvalue weighted by Crippen LogP contribution is -2.08. The van der Waals surface area contributed by atoms with Gasteiger partial charge in [-0.1, -0.05) is 20.3 Å². The average Bonchev–Trinajstić information content (AvgIpc) is 2.39. The van der Waals surface area contributed by atoms with Gasteiger partial charge in [-0.05, 0) is 46.8 Å².